The van der Waals surface area contributed by atoms with Gasteiger partial charge in [-0.15, -0.1) is 0 Å². The van der Waals surface area contributed by atoms with E-state index < -0.39 is 23.6 Å². The van der Waals surface area contributed by atoms with E-state index in [1.165, 1.54) is 0 Å². The molecule has 0 amide bonds. The summed E-state index contributed by atoms with van der Waals surface area (Å²) in [6, 6.07) is 1.85. The fourth-order valence-corrected chi connectivity index (χ4v) is 2.39. The highest BCUT2D eigenvalue weighted by Crippen LogP contribution is 2.27. The summed E-state index contributed by atoms with van der Waals surface area (Å²) in [4.78, 5) is 13.0. The van der Waals surface area contributed by atoms with Gasteiger partial charge < -0.3 is 5.11 Å². The highest BCUT2D eigenvalue weighted by atomic mass is 19.1. The zero-order valence-corrected chi connectivity index (χ0v) is 9.90. The molecule has 98 valence electrons. The van der Waals surface area contributed by atoms with Crippen LogP contribution in [-0.4, -0.2) is 29.1 Å². The smallest absolute Gasteiger partial charge is 0.325 e. The summed E-state index contributed by atoms with van der Waals surface area (Å²) in [6.45, 7) is 1.21. The van der Waals surface area contributed by atoms with Crippen LogP contribution in [0.1, 0.15) is 30.9 Å². The van der Waals surface area contributed by atoms with Gasteiger partial charge in [0.15, 0.2) is 0 Å². The maximum atomic E-state index is 13.7. The van der Waals surface area contributed by atoms with Crippen LogP contribution in [0.4, 0.5) is 8.78 Å². The zero-order chi connectivity index (χ0) is 13.1. The fraction of sp³-hybridized carbons (Fsp3) is 0.462. The Bertz CT molecular complexity index is 445. The van der Waals surface area contributed by atoms with Gasteiger partial charge in [-0.2, -0.15) is 0 Å². The van der Waals surface area contributed by atoms with Crippen LogP contribution in [0.15, 0.2) is 18.2 Å². The summed E-state index contributed by atoms with van der Waals surface area (Å²) in [5.74, 6) is -2.43. The lowest BCUT2D eigenvalue weighted by molar-refractivity contribution is -0.144. The van der Waals surface area contributed by atoms with E-state index >= 15 is 0 Å². The van der Waals surface area contributed by atoms with Crippen molar-refractivity contribution in [3.05, 3.63) is 35.4 Å². The van der Waals surface area contributed by atoms with Gasteiger partial charge in [-0.25, -0.2) is 8.78 Å². The second-order valence-corrected chi connectivity index (χ2v) is 4.50. The highest BCUT2D eigenvalue weighted by Gasteiger charge is 2.30. The Kier molecular flexibility index (Phi) is 3.91. The number of carboxylic acids is 1. The number of rotatable bonds is 3. The molecule has 0 aliphatic carbocycles. The van der Waals surface area contributed by atoms with Crippen molar-refractivity contribution in [2.24, 2.45) is 0 Å². The number of hydrogen-bond acceptors (Lipinski definition) is 2. The molecule has 1 N–H and O–H groups in total. The Balaban J connectivity index is 2.34. The Hall–Kier alpha value is -1.49. The Morgan fingerprint density at radius 1 is 1.22 bits per heavy atom. The summed E-state index contributed by atoms with van der Waals surface area (Å²) in [6.07, 6.45) is 2.83. The molecule has 3 nitrogen and oxygen atoms in total. The van der Waals surface area contributed by atoms with Gasteiger partial charge in [0, 0.05) is 5.56 Å². The van der Waals surface area contributed by atoms with E-state index in [0.29, 0.717) is 13.1 Å². The quantitative estimate of drug-likeness (QED) is 0.902. The lowest BCUT2D eigenvalue weighted by Crippen LogP contribution is -2.38. The van der Waals surface area contributed by atoms with Gasteiger partial charge in [-0.05, 0) is 44.1 Å². The summed E-state index contributed by atoms with van der Waals surface area (Å²) >= 11 is 0. The van der Waals surface area contributed by atoms with Gasteiger partial charge in [0.1, 0.15) is 17.7 Å². The molecular weight excluding hydrogens is 240 g/mol. The minimum atomic E-state index is -1.14. The molecule has 18 heavy (non-hydrogen) atoms. The summed E-state index contributed by atoms with van der Waals surface area (Å²) in [5.41, 5.74) is -0.0931. The molecule has 0 saturated carbocycles. The van der Waals surface area contributed by atoms with E-state index in [0.717, 1.165) is 37.5 Å². The number of piperidine rings is 1. The van der Waals surface area contributed by atoms with E-state index in [9.17, 15) is 18.7 Å². The highest BCUT2D eigenvalue weighted by molar-refractivity contribution is 5.75. The summed E-state index contributed by atoms with van der Waals surface area (Å²) in [7, 11) is 0. The molecule has 2 rings (SSSR count). The number of carbonyl (C=O) groups is 1. The predicted molar refractivity (Wildman–Crippen MR) is 62.2 cm³/mol. The van der Waals surface area contributed by atoms with E-state index in [4.69, 9.17) is 0 Å². The zero-order valence-electron chi connectivity index (χ0n) is 9.90. The van der Waals surface area contributed by atoms with Crippen molar-refractivity contribution in [3.63, 3.8) is 0 Å². The van der Waals surface area contributed by atoms with E-state index in [1.807, 2.05) is 0 Å². The fourth-order valence-electron chi connectivity index (χ4n) is 2.39. The molecule has 5 heteroatoms. The molecule has 1 aromatic carbocycles. The predicted octanol–water partition coefficient (Wildman–Crippen LogP) is 2.58. The second kappa shape index (κ2) is 5.44. The maximum Gasteiger partial charge on any atom is 0.325 e. The first-order valence-electron chi connectivity index (χ1n) is 6.01. The van der Waals surface area contributed by atoms with Gasteiger partial charge in [-0.3, -0.25) is 9.69 Å². The average Bonchev–Trinajstić information content (AvgIpc) is 2.35. The van der Waals surface area contributed by atoms with Crippen molar-refractivity contribution in [2.75, 3.05) is 13.1 Å². The van der Waals surface area contributed by atoms with Gasteiger partial charge in [0.05, 0.1) is 0 Å². The van der Waals surface area contributed by atoms with Crippen molar-refractivity contribution in [1.29, 1.82) is 0 Å². The standard InChI is InChI=1S/C13H15F2NO2/c14-9-4-5-11(15)10(8-9)12(13(17)18)16-6-2-1-3-7-16/h4-5,8,12H,1-3,6-7H2,(H,17,18). The second-order valence-electron chi connectivity index (χ2n) is 4.50. The van der Waals surface area contributed by atoms with Crippen LogP contribution in [0.5, 0.6) is 0 Å². The lowest BCUT2D eigenvalue weighted by Gasteiger charge is -2.32. The minimum Gasteiger partial charge on any atom is -0.480 e. The number of halogens is 2. The molecule has 1 aliphatic heterocycles. The van der Waals surface area contributed by atoms with Crippen LogP contribution in [0.3, 0.4) is 0 Å². The molecule has 1 unspecified atom stereocenters. The third-order valence-electron chi connectivity index (χ3n) is 3.24. The molecule has 1 aromatic rings. The molecule has 1 saturated heterocycles. The normalized spacial score (nSPS) is 18.6. The lowest BCUT2D eigenvalue weighted by atomic mass is 10.0. The minimum absolute atomic E-state index is 0.0931. The van der Waals surface area contributed by atoms with Gasteiger partial charge >= 0.3 is 5.97 Å². The van der Waals surface area contributed by atoms with Gasteiger partial charge in [0.2, 0.25) is 0 Å². The first kappa shape index (κ1) is 13.0. The van der Waals surface area contributed by atoms with Crippen LogP contribution in [-0.2, 0) is 4.79 Å². The molecular formula is C13H15F2NO2. The van der Waals surface area contributed by atoms with Crippen molar-refractivity contribution in [2.45, 2.75) is 25.3 Å². The third-order valence-corrected chi connectivity index (χ3v) is 3.24. The Labute approximate surface area is 104 Å². The van der Waals surface area contributed by atoms with Crippen LogP contribution in [0.25, 0.3) is 0 Å². The maximum absolute atomic E-state index is 13.7. The number of carboxylic acid groups (broad SMARTS) is 1. The van der Waals surface area contributed by atoms with Crippen LogP contribution in [0.2, 0.25) is 0 Å². The largest absolute Gasteiger partial charge is 0.480 e. The van der Waals surface area contributed by atoms with Crippen LogP contribution in [0, 0.1) is 11.6 Å². The summed E-state index contributed by atoms with van der Waals surface area (Å²) in [5, 5.41) is 9.26. The Morgan fingerprint density at radius 2 is 1.89 bits per heavy atom. The van der Waals surface area contributed by atoms with Crippen molar-refractivity contribution >= 4 is 5.97 Å². The molecule has 1 aliphatic rings. The third kappa shape index (κ3) is 2.67. The van der Waals surface area contributed by atoms with E-state index in [-0.39, 0.29) is 5.56 Å². The van der Waals surface area contributed by atoms with Crippen LogP contribution >= 0.6 is 0 Å². The Morgan fingerprint density at radius 3 is 2.50 bits per heavy atom. The van der Waals surface area contributed by atoms with Crippen LogP contribution < -0.4 is 0 Å². The molecule has 1 fully saturated rings. The number of benzene rings is 1. The number of aliphatic carboxylic acids is 1. The van der Waals surface area contributed by atoms with E-state index in [2.05, 4.69) is 0 Å². The van der Waals surface area contributed by atoms with Crippen molar-refractivity contribution in [3.8, 4) is 0 Å². The molecule has 0 bridgehead atoms. The first-order chi connectivity index (χ1) is 8.59. The molecule has 0 aromatic heterocycles. The molecule has 1 heterocycles. The SMILES string of the molecule is O=C(O)C(c1cc(F)ccc1F)N1CCCCC1. The number of nitrogens with zero attached hydrogens (tertiary/aromatic N) is 1. The number of likely N-dealkylation sites (tertiary alicyclic amines) is 1. The average molecular weight is 255 g/mol. The van der Waals surface area contributed by atoms with Crippen molar-refractivity contribution in [1.82, 2.24) is 4.90 Å². The number of hydrogen-bond donors (Lipinski definition) is 1. The van der Waals surface area contributed by atoms with E-state index in [1.54, 1.807) is 4.90 Å². The molecule has 1 atom stereocenters. The van der Waals surface area contributed by atoms with Crippen molar-refractivity contribution < 1.29 is 18.7 Å². The first-order valence-corrected chi connectivity index (χ1v) is 6.01. The summed E-state index contributed by atoms with van der Waals surface area (Å²) < 4.78 is 26.8. The topological polar surface area (TPSA) is 40.5 Å². The van der Waals surface area contributed by atoms with Gasteiger partial charge in [-0.1, -0.05) is 6.42 Å². The molecule has 0 spiro atoms. The molecule has 0 radical (unpaired) electrons. The monoisotopic (exact) mass is 255 g/mol. The van der Waals surface area contributed by atoms with Gasteiger partial charge in [0.25, 0.3) is 0 Å².